The molecule has 1 aliphatic heterocycles. The lowest BCUT2D eigenvalue weighted by molar-refractivity contribution is -0.134. The molecule has 0 saturated carbocycles. The second-order valence-corrected chi connectivity index (χ2v) is 7.01. The Kier molecular flexibility index (Phi) is 3.76. The average molecular weight is 317 g/mol. The quantitative estimate of drug-likeness (QED) is 0.765. The summed E-state index contributed by atoms with van der Waals surface area (Å²) in [6.45, 7) is 4.21. The number of hydrogen-bond donors (Lipinski definition) is 0. The maximum absolute atomic E-state index is 13.1. The first kappa shape index (κ1) is 15.2. The summed E-state index contributed by atoms with van der Waals surface area (Å²) in [5.41, 5.74) is 6.43. The number of aryl methyl sites for hydroxylation is 1. The topological polar surface area (TPSA) is 20.3 Å². The van der Waals surface area contributed by atoms with Gasteiger partial charge in [-0.25, -0.2) is 0 Å². The van der Waals surface area contributed by atoms with Crippen LogP contribution in [-0.2, 0) is 11.2 Å². The van der Waals surface area contributed by atoms with Crippen LogP contribution in [0.3, 0.4) is 0 Å². The molecule has 2 aliphatic rings. The Morgan fingerprint density at radius 2 is 1.71 bits per heavy atom. The van der Waals surface area contributed by atoms with Gasteiger partial charge in [0.05, 0.1) is 11.7 Å². The standard InChI is InChI=1S/C22H23NO/c1-15-14-19-13-12-18-10-6-7-11-20(18)21(19)23(22(15)24)16(2)17-8-4-3-5-9-17/h3-11,15-16H,12-14H2,1-2H3/t15-,16+/m0/s1. The maximum Gasteiger partial charge on any atom is 0.230 e. The van der Waals surface area contributed by atoms with Crippen LogP contribution in [0.4, 0.5) is 0 Å². The predicted molar refractivity (Wildman–Crippen MR) is 97.2 cm³/mol. The van der Waals surface area contributed by atoms with Gasteiger partial charge in [0.25, 0.3) is 0 Å². The number of carbonyl (C=O) groups is 1. The van der Waals surface area contributed by atoms with Crippen LogP contribution in [0, 0.1) is 5.92 Å². The summed E-state index contributed by atoms with van der Waals surface area (Å²) >= 11 is 0. The number of nitrogens with zero attached hydrogens (tertiary/aromatic N) is 1. The van der Waals surface area contributed by atoms with Crippen molar-refractivity contribution < 1.29 is 4.79 Å². The van der Waals surface area contributed by atoms with E-state index in [-0.39, 0.29) is 17.9 Å². The van der Waals surface area contributed by atoms with E-state index < -0.39 is 0 Å². The molecule has 122 valence electrons. The minimum atomic E-state index is 0.0533. The molecule has 2 nitrogen and oxygen atoms in total. The number of fused-ring (bicyclic) bond motifs is 2. The van der Waals surface area contributed by atoms with E-state index >= 15 is 0 Å². The number of benzene rings is 2. The first-order valence-electron chi connectivity index (χ1n) is 8.85. The van der Waals surface area contributed by atoms with Crippen LogP contribution in [0.15, 0.2) is 60.2 Å². The molecule has 0 bridgehead atoms. The third kappa shape index (κ3) is 2.37. The number of amides is 1. The molecule has 0 unspecified atom stereocenters. The van der Waals surface area contributed by atoms with Crippen LogP contribution < -0.4 is 0 Å². The number of allylic oxidation sites excluding steroid dienone is 1. The highest BCUT2D eigenvalue weighted by Gasteiger charge is 2.37. The molecule has 24 heavy (non-hydrogen) atoms. The highest BCUT2D eigenvalue weighted by atomic mass is 16.2. The van der Waals surface area contributed by atoms with Crippen molar-refractivity contribution in [1.82, 2.24) is 4.90 Å². The Bertz CT molecular complexity index is 806. The lowest BCUT2D eigenvalue weighted by Crippen LogP contribution is -2.41. The molecule has 1 amide bonds. The molecule has 4 rings (SSSR count). The zero-order chi connectivity index (χ0) is 16.7. The molecule has 0 spiro atoms. The largest absolute Gasteiger partial charge is 0.304 e. The maximum atomic E-state index is 13.1. The minimum absolute atomic E-state index is 0.0533. The van der Waals surface area contributed by atoms with Crippen LogP contribution >= 0.6 is 0 Å². The van der Waals surface area contributed by atoms with Crippen molar-refractivity contribution in [2.24, 2.45) is 5.92 Å². The predicted octanol–water partition coefficient (Wildman–Crippen LogP) is 4.97. The number of rotatable bonds is 2. The fraction of sp³-hybridized carbons (Fsp3) is 0.318. The SMILES string of the molecule is C[C@H](c1ccccc1)N1C(=O)[C@@H](C)CC2=C1c1ccccc1CC2. The summed E-state index contributed by atoms with van der Waals surface area (Å²) in [5, 5.41) is 0. The monoisotopic (exact) mass is 317 g/mol. The van der Waals surface area contributed by atoms with Crippen molar-refractivity contribution in [3.63, 3.8) is 0 Å². The van der Waals surface area contributed by atoms with Gasteiger partial charge in [-0.15, -0.1) is 0 Å². The third-order valence-corrected chi connectivity index (χ3v) is 5.43. The van der Waals surface area contributed by atoms with Crippen molar-refractivity contribution in [3.05, 3.63) is 76.9 Å². The molecule has 0 radical (unpaired) electrons. The van der Waals surface area contributed by atoms with E-state index in [1.807, 2.05) is 18.2 Å². The number of hydrogen-bond acceptors (Lipinski definition) is 1. The van der Waals surface area contributed by atoms with Gasteiger partial charge in [-0.3, -0.25) is 4.79 Å². The molecule has 2 heteroatoms. The molecule has 1 heterocycles. The van der Waals surface area contributed by atoms with Gasteiger partial charge in [-0.1, -0.05) is 61.5 Å². The van der Waals surface area contributed by atoms with E-state index in [2.05, 4.69) is 55.1 Å². The zero-order valence-corrected chi connectivity index (χ0v) is 14.3. The van der Waals surface area contributed by atoms with Crippen molar-refractivity contribution in [1.29, 1.82) is 0 Å². The first-order valence-corrected chi connectivity index (χ1v) is 8.85. The normalized spacial score (nSPS) is 21.3. The van der Waals surface area contributed by atoms with E-state index in [0.717, 1.165) is 19.3 Å². The molecule has 0 saturated heterocycles. The Morgan fingerprint density at radius 1 is 1.00 bits per heavy atom. The zero-order valence-electron chi connectivity index (χ0n) is 14.3. The van der Waals surface area contributed by atoms with Crippen LogP contribution in [0.5, 0.6) is 0 Å². The van der Waals surface area contributed by atoms with Gasteiger partial charge in [-0.2, -0.15) is 0 Å². The molecule has 2 aromatic rings. The Balaban J connectivity index is 1.86. The van der Waals surface area contributed by atoms with E-state index in [1.165, 1.54) is 28.0 Å². The van der Waals surface area contributed by atoms with Gasteiger partial charge < -0.3 is 4.90 Å². The van der Waals surface area contributed by atoms with E-state index in [0.29, 0.717) is 0 Å². The average Bonchev–Trinajstić information content (AvgIpc) is 2.63. The molecule has 0 fully saturated rings. The van der Waals surface area contributed by atoms with Crippen LogP contribution in [0.25, 0.3) is 5.70 Å². The molecule has 2 atom stereocenters. The second kappa shape index (κ2) is 5.94. The molecular formula is C22H23NO. The summed E-state index contributed by atoms with van der Waals surface area (Å²) < 4.78 is 0. The van der Waals surface area contributed by atoms with E-state index in [1.54, 1.807) is 0 Å². The lowest BCUT2D eigenvalue weighted by Gasteiger charge is -2.41. The van der Waals surface area contributed by atoms with E-state index in [9.17, 15) is 4.79 Å². The minimum Gasteiger partial charge on any atom is -0.304 e. The summed E-state index contributed by atoms with van der Waals surface area (Å²) in [7, 11) is 0. The van der Waals surface area contributed by atoms with Crippen LogP contribution in [0.2, 0.25) is 0 Å². The van der Waals surface area contributed by atoms with Gasteiger partial charge in [0.2, 0.25) is 5.91 Å². The smallest absolute Gasteiger partial charge is 0.230 e. The molecule has 2 aromatic carbocycles. The number of carbonyl (C=O) groups excluding carboxylic acids is 1. The van der Waals surface area contributed by atoms with Gasteiger partial charge >= 0.3 is 0 Å². The molecular weight excluding hydrogens is 294 g/mol. The lowest BCUT2D eigenvalue weighted by atomic mass is 9.80. The van der Waals surface area contributed by atoms with Gasteiger partial charge in [0, 0.05) is 11.5 Å². The van der Waals surface area contributed by atoms with Crippen molar-refractivity contribution in [2.75, 3.05) is 0 Å². The second-order valence-electron chi connectivity index (χ2n) is 7.01. The Morgan fingerprint density at radius 3 is 2.50 bits per heavy atom. The first-order chi connectivity index (χ1) is 11.7. The fourth-order valence-corrected chi connectivity index (χ4v) is 4.13. The highest BCUT2D eigenvalue weighted by Crippen LogP contribution is 2.44. The summed E-state index contributed by atoms with van der Waals surface area (Å²) in [4.78, 5) is 15.2. The van der Waals surface area contributed by atoms with Gasteiger partial charge in [0.15, 0.2) is 0 Å². The summed E-state index contributed by atoms with van der Waals surface area (Å²) in [5.74, 6) is 0.321. The summed E-state index contributed by atoms with van der Waals surface area (Å²) in [6.07, 6.45) is 3.06. The van der Waals surface area contributed by atoms with Crippen molar-refractivity contribution in [3.8, 4) is 0 Å². The van der Waals surface area contributed by atoms with E-state index in [4.69, 9.17) is 0 Å². The molecule has 1 aliphatic carbocycles. The third-order valence-electron chi connectivity index (χ3n) is 5.43. The fourth-order valence-electron chi connectivity index (χ4n) is 4.13. The summed E-state index contributed by atoms with van der Waals surface area (Å²) in [6, 6.07) is 19.0. The molecule has 0 aromatic heterocycles. The van der Waals surface area contributed by atoms with Crippen molar-refractivity contribution in [2.45, 2.75) is 39.2 Å². The van der Waals surface area contributed by atoms with Crippen LogP contribution in [0.1, 0.15) is 49.4 Å². The highest BCUT2D eigenvalue weighted by molar-refractivity contribution is 5.93. The van der Waals surface area contributed by atoms with Gasteiger partial charge in [-0.05, 0) is 42.9 Å². The Labute approximate surface area is 143 Å². The van der Waals surface area contributed by atoms with Crippen molar-refractivity contribution >= 4 is 11.6 Å². The molecule has 0 N–H and O–H groups in total. The Hall–Kier alpha value is -2.35. The van der Waals surface area contributed by atoms with Gasteiger partial charge in [0.1, 0.15) is 0 Å². The van der Waals surface area contributed by atoms with Crippen LogP contribution in [-0.4, -0.2) is 10.8 Å².